The smallest absolute Gasteiger partial charge is 0.229 e. The molecule has 2 aromatic carbocycles. The van der Waals surface area contributed by atoms with Gasteiger partial charge >= 0.3 is 0 Å². The summed E-state index contributed by atoms with van der Waals surface area (Å²) in [4.78, 5) is 3.57. The molecule has 0 spiro atoms. The Bertz CT molecular complexity index is 1230. The van der Waals surface area contributed by atoms with Crippen LogP contribution in [0.2, 0.25) is 5.02 Å². The van der Waals surface area contributed by atoms with Crippen LogP contribution in [0.25, 0.3) is 10.9 Å². The van der Waals surface area contributed by atoms with Crippen molar-refractivity contribution in [3.8, 4) is 5.75 Å². The maximum absolute atomic E-state index is 11.5. The summed E-state index contributed by atoms with van der Waals surface area (Å²) in [6.45, 7) is 1.32. The molecule has 1 heterocycles. The maximum atomic E-state index is 11.5. The van der Waals surface area contributed by atoms with Crippen LogP contribution >= 0.6 is 11.6 Å². The third-order valence-electron chi connectivity index (χ3n) is 5.88. The van der Waals surface area contributed by atoms with E-state index in [0.29, 0.717) is 25.3 Å². The van der Waals surface area contributed by atoms with Gasteiger partial charge in [-0.2, -0.15) is 0 Å². The number of sulfonamides is 1. The van der Waals surface area contributed by atoms with Crippen molar-refractivity contribution in [3.05, 3.63) is 58.2 Å². The molecule has 1 atom stereocenters. The first-order valence-electron chi connectivity index (χ1n) is 11.2. The molecular formula is C24H30ClN3O4S. The molecule has 1 aromatic heterocycles. The molecule has 0 fully saturated rings. The zero-order valence-electron chi connectivity index (χ0n) is 18.7. The number of anilines is 1. The highest BCUT2D eigenvalue weighted by molar-refractivity contribution is 7.92. The Morgan fingerprint density at radius 3 is 2.79 bits per heavy atom. The first kappa shape index (κ1) is 23.9. The SMILES string of the molecule is CS(=O)(=O)Nc1cc(C(O)CNCCOc2ccc3[nH]c4c(c3c2)CCCCC4)ccc1Cl. The fraction of sp³-hybridized carbons (Fsp3) is 0.417. The molecular weight excluding hydrogens is 462 g/mol. The number of aliphatic hydroxyl groups excluding tert-OH is 1. The second-order valence-corrected chi connectivity index (χ2v) is 10.7. The molecule has 0 radical (unpaired) electrons. The molecule has 4 N–H and O–H groups in total. The van der Waals surface area contributed by atoms with Crippen LogP contribution in [-0.2, 0) is 22.9 Å². The van der Waals surface area contributed by atoms with Crippen molar-refractivity contribution in [2.24, 2.45) is 0 Å². The largest absolute Gasteiger partial charge is 0.492 e. The summed E-state index contributed by atoms with van der Waals surface area (Å²) in [6, 6.07) is 11.0. The van der Waals surface area contributed by atoms with Crippen molar-refractivity contribution in [1.82, 2.24) is 10.3 Å². The van der Waals surface area contributed by atoms with Gasteiger partial charge in [-0.1, -0.05) is 24.1 Å². The highest BCUT2D eigenvalue weighted by Crippen LogP contribution is 2.31. The fourth-order valence-corrected chi connectivity index (χ4v) is 5.07. The Morgan fingerprint density at radius 1 is 1.15 bits per heavy atom. The summed E-state index contributed by atoms with van der Waals surface area (Å²) < 4.78 is 31.2. The van der Waals surface area contributed by atoms with Crippen molar-refractivity contribution in [2.45, 2.75) is 38.2 Å². The number of hydrogen-bond donors (Lipinski definition) is 4. The van der Waals surface area contributed by atoms with E-state index in [4.69, 9.17) is 16.3 Å². The number of aliphatic hydroxyl groups is 1. The van der Waals surface area contributed by atoms with Gasteiger partial charge in [-0.25, -0.2) is 8.42 Å². The summed E-state index contributed by atoms with van der Waals surface area (Å²) in [5, 5.41) is 15.2. The van der Waals surface area contributed by atoms with Gasteiger partial charge in [0.25, 0.3) is 0 Å². The van der Waals surface area contributed by atoms with E-state index in [2.05, 4.69) is 27.2 Å². The van der Waals surface area contributed by atoms with Crippen LogP contribution in [0.3, 0.4) is 0 Å². The molecule has 1 aliphatic rings. The number of nitrogens with one attached hydrogen (secondary N) is 3. The van der Waals surface area contributed by atoms with Crippen LogP contribution in [0, 0.1) is 0 Å². The molecule has 1 unspecified atom stereocenters. The van der Waals surface area contributed by atoms with Gasteiger partial charge < -0.3 is 20.1 Å². The van der Waals surface area contributed by atoms with Crippen molar-refractivity contribution in [1.29, 1.82) is 0 Å². The van der Waals surface area contributed by atoms with E-state index in [9.17, 15) is 13.5 Å². The molecule has 178 valence electrons. The Kier molecular flexibility index (Phi) is 7.48. The Labute approximate surface area is 199 Å². The molecule has 7 nitrogen and oxygen atoms in total. The number of aromatic amines is 1. The van der Waals surface area contributed by atoms with Gasteiger partial charge in [0.15, 0.2) is 0 Å². The number of fused-ring (bicyclic) bond motifs is 3. The summed E-state index contributed by atoms with van der Waals surface area (Å²) in [7, 11) is -3.46. The molecule has 9 heteroatoms. The minimum Gasteiger partial charge on any atom is -0.492 e. The molecule has 3 aromatic rings. The average Bonchev–Trinajstić information content (AvgIpc) is 2.94. The van der Waals surface area contributed by atoms with E-state index in [1.807, 2.05) is 6.07 Å². The van der Waals surface area contributed by atoms with Gasteiger partial charge in [-0.3, -0.25) is 4.72 Å². The first-order valence-corrected chi connectivity index (χ1v) is 13.5. The Balaban J connectivity index is 1.28. The number of benzene rings is 2. The van der Waals surface area contributed by atoms with Gasteiger partial charge in [0.2, 0.25) is 10.0 Å². The monoisotopic (exact) mass is 491 g/mol. The number of hydrogen-bond acceptors (Lipinski definition) is 5. The lowest BCUT2D eigenvalue weighted by Crippen LogP contribution is -2.26. The highest BCUT2D eigenvalue weighted by atomic mass is 35.5. The molecule has 0 aliphatic heterocycles. The van der Waals surface area contributed by atoms with Crippen LogP contribution in [0.4, 0.5) is 5.69 Å². The zero-order chi connectivity index (χ0) is 23.4. The lowest BCUT2D eigenvalue weighted by atomic mass is 10.1. The van der Waals surface area contributed by atoms with Crippen LogP contribution in [0.15, 0.2) is 36.4 Å². The van der Waals surface area contributed by atoms with E-state index < -0.39 is 16.1 Å². The van der Waals surface area contributed by atoms with Crippen molar-refractivity contribution in [3.63, 3.8) is 0 Å². The van der Waals surface area contributed by atoms with Gasteiger partial charge in [0.05, 0.1) is 23.1 Å². The van der Waals surface area contributed by atoms with Gasteiger partial charge in [0, 0.05) is 29.7 Å². The van der Waals surface area contributed by atoms with Crippen molar-refractivity contribution in [2.75, 3.05) is 30.7 Å². The number of ether oxygens (including phenoxy) is 1. The molecule has 0 saturated heterocycles. The van der Waals surface area contributed by atoms with Gasteiger partial charge in [-0.05, 0) is 67.1 Å². The number of aryl methyl sites for hydroxylation is 2. The Morgan fingerprint density at radius 2 is 1.97 bits per heavy atom. The van der Waals surface area contributed by atoms with Gasteiger partial charge in [-0.15, -0.1) is 0 Å². The Hall–Kier alpha value is -2.26. The van der Waals surface area contributed by atoms with Crippen molar-refractivity contribution >= 4 is 38.2 Å². The predicted molar refractivity (Wildman–Crippen MR) is 133 cm³/mol. The maximum Gasteiger partial charge on any atom is 0.229 e. The normalized spacial score (nSPS) is 15.1. The number of rotatable bonds is 9. The average molecular weight is 492 g/mol. The van der Waals surface area contributed by atoms with Crippen LogP contribution < -0.4 is 14.8 Å². The zero-order valence-corrected chi connectivity index (χ0v) is 20.2. The van der Waals surface area contributed by atoms with Crippen LogP contribution in [-0.4, -0.2) is 44.5 Å². The number of halogens is 1. The molecule has 33 heavy (non-hydrogen) atoms. The third kappa shape index (κ3) is 6.20. The second-order valence-electron chi connectivity index (χ2n) is 8.53. The highest BCUT2D eigenvalue weighted by Gasteiger charge is 2.15. The third-order valence-corrected chi connectivity index (χ3v) is 6.80. The summed E-state index contributed by atoms with van der Waals surface area (Å²) in [5.41, 5.74) is 4.78. The summed E-state index contributed by atoms with van der Waals surface area (Å²) in [6.07, 6.45) is 6.23. The molecule has 0 saturated carbocycles. The molecule has 4 rings (SSSR count). The lowest BCUT2D eigenvalue weighted by Gasteiger charge is -2.15. The molecule has 0 amide bonds. The standard InChI is InChI=1S/C24H30ClN3O4S/c1-33(30,31)28-23-13-16(7-9-20(23)25)24(29)15-26-11-12-32-17-8-10-22-19(14-17)18-5-3-2-4-6-21(18)27-22/h7-10,13-14,24,26-29H,2-6,11-12,15H2,1H3. The molecule has 0 bridgehead atoms. The molecule has 1 aliphatic carbocycles. The van der Waals surface area contributed by atoms with E-state index in [0.717, 1.165) is 24.8 Å². The minimum atomic E-state index is -3.46. The summed E-state index contributed by atoms with van der Waals surface area (Å²) in [5.74, 6) is 0.838. The van der Waals surface area contributed by atoms with Crippen molar-refractivity contribution < 1.29 is 18.3 Å². The van der Waals surface area contributed by atoms with Crippen LogP contribution in [0.5, 0.6) is 5.75 Å². The fourth-order valence-electron chi connectivity index (χ4n) is 4.28. The van der Waals surface area contributed by atoms with E-state index >= 15 is 0 Å². The minimum absolute atomic E-state index is 0.247. The first-order chi connectivity index (χ1) is 15.8. The topological polar surface area (TPSA) is 103 Å². The lowest BCUT2D eigenvalue weighted by molar-refractivity contribution is 0.172. The van der Waals surface area contributed by atoms with E-state index in [1.165, 1.54) is 41.4 Å². The quantitative estimate of drug-likeness (QED) is 0.266. The summed E-state index contributed by atoms with van der Waals surface area (Å²) >= 11 is 6.04. The van der Waals surface area contributed by atoms with E-state index in [-0.39, 0.29) is 10.7 Å². The van der Waals surface area contributed by atoms with E-state index in [1.54, 1.807) is 18.2 Å². The number of H-pyrrole nitrogens is 1. The second kappa shape index (κ2) is 10.3. The van der Waals surface area contributed by atoms with Crippen LogP contribution in [0.1, 0.15) is 42.2 Å². The predicted octanol–water partition coefficient (Wildman–Crippen LogP) is 4.16. The number of aromatic nitrogens is 1. The van der Waals surface area contributed by atoms with Gasteiger partial charge in [0.1, 0.15) is 12.4 Å².